The van der Waals surface area contributed by atoms with Crippen molar-refractivity contribution in [3.8, 4) is 11.4 Å². The van der Waals surface area contributed by atoms with Gasteiger partial charge in [-0.3, -0.25) is 14.2 Å². The summed E-state index contributed by atoms with van der Waals surface area (Å²) >= 11 is 0. The molecule has 0 aliphatic carbocycles. The standard InChI is InChI=1S/C28H26N4O4/c1-17-8-10-19(11-9-17)29-24(33)16-31-25-22-15-21(36-4)12-13-23(22)30(3)26(25)27(34)32(28(31)35)20-7-5-6-18(2)14-20/h5-15H,16H2,1-4H3,(H,29,33). The van der Waals surface area contributed by atoms with Gasteiger partial charge in [0.2, 0.25) is 5.91 Å². The summed E-state index contributed by atoms with van der Waals surface area (Å²) in [4.78, 5) is 40.8. The zero-order valence-electron chi connectivity index (χ0n) is 20.5. The topological polar surface area (TPSA) is 87.3 Å². The average molecular weight is 483 g/mol. The smallest absolute Gasteiger partial charge is 0.336 e. The first-order chi connectivity index (χ1) is 17.3. The molecule has 0 spiro atoms. The Bertz CT molecular complexity index is 1760. The number of fused-ring (bicyclic) bond motifs is 3. The lowest BCUT2D eigenvalue weighted by atomic mass is 10.2. The number of aromatic nitrogens is 3. The van der Waals surface area contributed by atoms with Crippen LogP contribution in [-0.2, 0) is 18.4 Å². The van der Waals surface area contributed by atoms with Gasteiger partial charge in [0.15, 0.2) is 0 Å². The van der Waals surface area contributed by atoms with Crippen LogP contribution in [0, 0.1) is 13.8 Å². The van der Waals surface area contributed by atoms with Crippen LogP contribution in [-0.4, -0.2) is 26.7 Å². The molecule has 0 bridgehead atoms. The molecule has 2 aromatic heterocycles. The molecule has 8 heteroatoms. The summed E-state index contributed by atoms with van der Waals surface area (Å²) in [6.45, 7) is 3.58. The van der Waals surface area contributed by atoms with Crippen LogP contribution >= 0.6 is 0 Å². The van der Waals surface area contributed by atoms with E-state index in [1.54, 1.807) is 49.1 Å². The van der Waals surface area contributed by atoms with Crippen LogP contribution in [0.25, 0.3) is 27.6 Å². The quantitative estimate of drug-likeness (QED) is 0.412. The molecule has 0 saturated heterocycles. The molecule has 8 nitrogen and oxygen atoms in total. The van der Waals surface area contributed by atoms with E-state index in [0.717, 1.165) is 21.2 Å². The molecule has 1 amide bonds. The highest BCUT2D eigenvalue weighted by atomic mass is 16.5. The predicted molar refractivity (Wildman–Crippen MR) is 141 cm³/mol. The van der Waals surface area contributed by atoms with E-state index >= 15 is 0 Å². The largest absolute Gasteiger partial charge is 0.497 e. The van der Waals surface area contributed by atoms with Gasteiger partial charge in [-0.1, -0.05) is 29.8 Å². The maximum absolute atomic E-state index is 13.9. The summed E-state index contributed by atoms with van der Waals surface area (Å²) < 4.78 is 9.65. The van der Waals surface area contributed by atoms with E-state index in [4.69, 9.17) is 4.74 Å². The molecule has 0 fully saturated rings. The number of rotatable bonds is 5. The summed E-state index contributed by atoms with van der Waals surface area (Å²) in [5, 5.41) is 3.51. The number of carbonyl (C=O) groups is 1. The van der Waals surface area contributed by atoms with Crippen molar-refractivity contribution in [3.05, 3.63) is 98.7 Å². The lowest BCUT2D eigenvalue weighted by molar-refractivity contribution is -0.116. The Morgan fingerprint density at radius 1 is 0.917 bits per heavy atom. The van der Waals surface area contributed by atoms with Crippen molar-refractivity contribution < 1.29 is 9.53 Å². The van der Waals surface area contributed by atoms with E-state index in [0.29, 0.717) is 33.5 Å². The lowest BCUT2D eigenvalue weighted by Gasteiger charge is -2.14. The minimum Gasteiger partial charge on any atom is -0.497 e. The van der Waals surface area contributed by atoms with Crippen molar-refractivity contribution >= 4 is 33.5 Å². The third kappa shape index (κ3) is 3.86. The molecule has 2 heterocycles. The Labute approximate surface area is 207 Å². The maximum atomic E-state index is 13.9. The third-order valence-corrected chi connectivity index (χ3v) is 6.37. The molecule has 0 aliphatic heterocycles. The fourth-order valence-electron chi connectivity index (χ4n) is 4.58. The first kappa shape index (κ1) is 23.2. The number of anilines is 1. The minimum absolute atomic E-state index is 0.272. The number of methoxy groups -OCH3 is 1. The molecule has 3 aromatic carbocycles. The molecule has 5 rings (SSSR count). The van der Waals surface area contributed by atoms with E-state index in [9.17, 15) is 14.4 Å². The molecular formula is C28H26N4O4. The van der Waals surface area contributed by atoms with Gasteiger partial charge in [0, 0.05) is 18.1 Å². The monoisotopic (exact) mass is 482 g/mol. The molecule has 1 N–H and O–H groups in total. The van der Waals surface area contributed by atoms with Crippen LogP contribution in [0.3, 0.4) is 0 Å². The van der Waals surface area contributed by atoms with Crippen molar-refractivity contribution in [2.45, 2.75) is 20.4 Å². The highest BCUT2D eigenvalue weighted by molar-refractivity contribution is 6.07. The Hall–Kier alpha value is -4.59. The van der Waals surface area contributed by atoms with Gasteiger partial charge in [0.05, 0.1) is 23.8 Å². The zero-order valence-corrected chi connectivity index (χ0v) is 20.5. The SMILES string of the molecule is COc1ccc2c(c1)c1c(c(=O)n(-c3cccc(C)c3)c(=O)n1CC(=O)Nc1ccc(C)cc1)n2C. The van der Waals surface area contributed by atoms with Gasteiger partial charge >= 0.3 is 5.69 Å². The first-order valence-corrected chi connectivity index (χ1v) is 11.5. The molecule has 0 saturated carbocycles. The number of hydrogen-bond acceptors (Lipinski definition) is 4. The molecule has 0 radical (unpaired) electrons. The number of hydrogen-bond donors (Lipinski definition) is 1. The van der Waals surface area contributed by atoms with Gasteiger partial charge in [0.25, 0.3) is 5.56 Å². The Morgan fingerprint density at radius 3 is 2.36 bits per heavy atom. The second kappa shape index (κ2) is 8.88. The third-order valence-electron chi connectivity index (χ3n) is 6.37. The molecule has 182 valence electrons. The molecule has 0 aliphatic rings. The summed E-state index contributed by atoms with van der Waals surface area (Å²) in [7, 11) is 3.33. The van der Waals surface area contributed by atoms with Gasteiger partial charge < -0.3 is 14.6 Å². The Kier molecular flexibility index (Phi) is 5.72. The number of nitrogens with zero attached hydrogens (tertiary/aromatic N) is 3. The summed E-state index contributed by atoms with van der Waals surface area (Å²) in [5.74, 6) is 0.206. The van der Waals surface area contributed by atoms with E-state index in [-0.39, 0.29) is 12.5 Å². The van der Waals surface area contributed by atoms with Gasteiger partial charge in [-0.25, -0.2) is 9.36 Å². The molecule has 0 unspecified atom stereocenters. The minimum atomic E-state index is -0.590. The van der Waals surface area contributed by atoms with Crippen molar-refractivity contribution in [3.63, 3.8) is 0 Å². The number of ether oxygens (including phenoxy) is 1. The number of benzene rings is 3. The van der Waals surface area contributed by atoms with Crippen LogP contribution < -0.4 is 21.3 Å². The highest BCUT2D eigenvalue weighted by Crippen LogP contribution is 2.29. The maximum Gasteiger partial charge on any atom is 0.336 e. The number of aryl methyl sites for hydroxylation is 3. The van der Waals surface area contributed by atoms with E-state index < -0.39 is 11.2 Å². The van der Waals surface area contributed by atoms with Crippen molar-refractivity contribution in [2.24, 2.45) is 7.05 Å². The fraction of sp³-hybridized carbons (Fsp3) is 0.179. The van der Waals surface area contributed by atoms with Gasteiger partial charge in [0.1, 0.15) is 17.8 Å². The van der Waals surface area contributed by atoms with Crippen LogP contribution in [0.4, 0.5) is 5.69 Å². The van der Waals surface area contributed by atoms with Crippen molar-refractivity contribution in [1.29, 1.82) is 0 Å². The van der Waals surface area contributed by atoms with E-state index in [2.05, 4.69) is 5.32 Å². The van der Waals surface area contributed by atoms with Crippen molar-refractivity contribution in [2.75, 3.05) is 12.4 Å². The number of nitrogens with one attached hydrogen (secondary N) is 1. The van der Waals surface area contributed by atoms with Gasteiger partial charge in [-0.2, -0.15) is 0 Å². The lowest BCUT2D eigenvalue weighted by Crippen LogP contribution is -2.41. The second-order valence-corrected chi connectivity index (χ2v) is 8.90. The number of amides is 1. The highest BCUT2D eigenvalue weighted by Gasteiger charge is 2.23. The molecule has 0 atom stereocenters. The van der Waals surface area contributed by atoms with E-state index in [1.165, 1.54) is 4.57 Å². The number of carbonyl (C=O) groups excluding carboxylic acids is 1. The summed E-state index contributed by atoms with van der Waals surface area (Å²) in [6.07, 6.45) is 0. The Morgan fingerprint density at radius 2 is 1.67 bits per heavy atom. The first-order valence-electron chi connectivity index (χ1n) is 11.5. The fourth-order valence-corrected chi connectivity index (χ4v) is 4.58. The van der Waals surface area contributed by atoms with E-state index in [1.807, 2.05) is 50.2 Å². The van der Waals surface area contributed by atoms with Gasteiger partial charge in [-0.05, 0) is 61.9 Å². The van der Waals surface area contributed by atoms with Crippen LogP contribution in [0.15, 0.2) is 76.3 Å². The van der Waals surface area contributed by atoms with Crippen LogP contribution in [0.2, 0.25) is 0 Å². The molecule has 5 aromatic rings. The predicted octanol–water partition coefficient (Wildman–Crippen LogP) is 3.91. The molecule has 36 heavy (non-hydrogen) atoms. The summed E-state index contributed by atoms with van der Waals surface area (Å²) in [6, 6.07) is 20.0. The average Bonchev–Trinajstić information content (AvgIpc) is 3.15. The Balaban J connectivity index is 1.78. The molecular weight excluding hydrogens is 456 g/mol. The second-order valence-electron chi connectivity index (χ2n) is 8.90. The normalized spacial score (nSPS) is 11.2. The summed E-state index contributed by atoms with van der Waals surface area (Å²) in [5.41, 5.74) is 3.47. The van der Waals surface area contributed by atoms with Crippen LogP contribution in [0.1, 0.15) is 11.1 Å². The van der Waals surface area contributed by atoms with Crippen LogP contribution in [0.5, 0.6) is 5.75 Å². The zero-order chi connectivity index (χ0) is 25.6. The van der Waals surface area contributed by atoms with Gasteiger partial charge in [-0.15, -0.1) is 0 Å². The van der Waals surface area contributed by atoms with Crippen molar-refractivity contribution in [1.82, 2.24) is 13.7 Å².